The Bertz CT molecular complexity index is 2310. The number of hydrogen-bond donors (Lipinski definition) is 21. The van der Waals surface area contributed by atoms with E-state index >= 15 is 0 Å². The van der Waals surface area contributed by atoms with Crippen LogP contribution in [0.1, 0.15) is 80.6 Å². The second-order valence-electron chi connectivity index (χ2n) is 18.9. The van der Waals surface area contributed by atoms with Gasteiger partial charge in [-0.25, -0.2) is 4.79 Å². The molecule has 11 amide bonds. The van der Waals surface area contributed by atoms with Gasteiger partial charge in [0, 0.05) is 16.9 Å². The van der Waals surface area contributed by atoms with Gasteiger partial charge in [0.05, 0.1) is 50.8 Å². The van der Waals surface area contributed by atoms with Gasteiger partial charge in [-0.15, -0.1) is 0 Å². The Morgan fingerprint density at radius 3 is 1.28 bits per heavy atom. The van der Waals surface area contributed by atoms with Crippen LogP contribution in [-0.2, 0) is 71.9 Å². The first-order valence-corrected chi connectivity index (χ1v) is 25.7. The molecule has 0 aromatic carbocycles. The van der Waals surface area contributed by atoms with Gasteiger partial charge in [0.15, 0.2) is 0 Å². The number of aliphatic hydroxyl groups excluding tert-OH is 3. The molecular formula is C45H74N12O22S2. The summed E-state index contributed by atoms with van der Waals surface area (Å²) in [6.07, 6.45) is -6.97. The molecule has 81 heavy (non-hydrogen) atoms. The molecule has 34 nitrogen and oxygen atoms in total. The number of aliphatic carboxylic acids is 4. The Morgan fingerprint density at radius 2 is 0.889 bits per heavy atom. The van der Waals surface area contributed by atoms with Crippen molar-refractivity contribution in [3.05, 3.63) is 0 Å². The summed E-state index contributed by atoms with van der Waals surface area (Å²) < 4.78 is -1.02. The Balaban J connectivity index is 6.11. The van der Waals surface area contributed by atoms with E-state index in [1.54, 1.807) is 27.7 Å². The van der Waals surface area contributed by atoms with Gasteiger partial charge in [-0.3, -0.25) is 67.1 Å². The zero-order valence-corrected chi connectivity index (χ0v) is 46.9. The number of carboxylic acids is 4. The number of nitrogens with two attached hydrogens (primary N) is 1. The van der Waals surface area contributed by atoms with Gasteiger partial charge in [0.2, 0.25) is 65.0 Å². The third-order valence-corrected chi connectivity index (χ3v) is 12.2. The molecule has 0 saturated heterocycles. The average Bonchev–Trinajstić information content (AvgIpc) is 3.36. The summed E-state index contributed by atoms with van der Waals surface area (Å²) in [5.41, 5.74) is 5.98. The Labute approximate surface area is 473 Å². The highest BCUT2D eigenvalue weighted by Crippen LogP contribution is 2.17. The van der Waals surface area contributed by atoms with Gasteiger partial charge in [-0.05, 0) is 47.0 Å². The summed E-state index contributed by atoms with van der Waals surface area (Å²) in [6.45, 7) is 6.38. The van der Waals surface area contributed by atoms with Crippen molar-refractivity contribution in [2.45, 2.75) is 158 Å². The van der Waals surface area contributed by atoms with E-state index in [4.69, 9.17) is 10.8 Å². The van der Waals surface area contributed by atoms with Crippen LogP contribution in [0.2, 0.25) is 0 Å². The van der Waals surface area contributed by atoms with Crippen LogP contribution in [0.3, 0.4) is 0 Å². The molecule has 20 N–H and O–H groups in total. The molecule has 0 aromatic heterocycles. The van der Waals surface area contributed by atoms with Crippen LogP contribution in [0.15, 0.2) is 0 Å². The monoisotopic (exact) mass is 1200 g/mol. The highest BCUT2D eigenvalue weighted by atomic mass is 32.1. The standard InChI is InChI=1S/C45H74N12O22S2/c1-8-17(2)31(55-43(77)34(46)45(6,7)81)40(74)57-33(20(5)60)42(76)52-22(11-29(65)66)36(70)47-13-26(61)50-21(9-10-28(63)64)38(72)49-18(3)35(69)56-32(19(4)59)41(75)53-23(12-30(67)68)39(73)54-24(15-58)37(71)48-14-27(62)51-25(16-80)44(78)79/h17-25,31-34,58-60,80-81H,8-16,46H2,1-7H3,(H,47,70)(H,48,71)(H,49,72)(H,50,61)(H,51,62)(H,52,76)(H,53,75)(H,54,73)(H,55,77)(H,56,69)(H,57,74)(H,63,64)(H,65,66)(H,67,68)(H,78,79)/t17-,18-,19+,20+,21-,22-,23-,24-,25-,31-,32-,33-,34+/m0/s1. The zero-order valence-electron chi connectivity index (χ0n) is 45.1. The van der Waals surface area contributed by atoms with Gasteiger partial charge < -0.3 is 100.0 Å². The Hall–Kier alpha value is -7.41. The molecule has 0 unspecified atom stereocenters. The number of nitrogens with one attached hydrogen (secondary N) is 11. The van der Waals surface area contributed by atoms with E-state index in [1.165, 1.54) is 0 Å². The van der Waals surface area contributed by atoms with Crippen molar-refractivity contribution in [1.82, 2.24) is 58.5 Å². The predicted octanol–water partition coefficient (Wildman–Crippen LogP) is -8.73. The van der Waals surface area contributed by atoms with Crippen molar-refractivity contribution in [1.29, 1.82) is 0 Å². The van der Waals surface area contributed by atoms with E-state index in [0.717, 1.165) is 20.8 Å². The van der Waals surface area contributed by atoms with E-state index < -0.39 is 218 Å². The number of amides is 11. The van der Waals surface area contributed by atoms with Gasteiger partial charge >= 0.3 is 23.9 Å². The zero-order chi connectivity index (χ0) is 62.8. The summed E-state index contributed by atoms with van der Waals surface area (Å²) >= 11 is 8.06. The van der Waals surface area contributed by atoms with Crippen LogP contribution >= 0.6 is 25.3 Å². The fourth-order valence-electron chi connectivity index (χ4n) is 6.53. The smallest absolute Gasteiger partial charge is 0.327 e. The molecule has 13 atom stereocenters. The lowest BCUT2D eigenvalue weighted by Gasteiger charge is -2.31. The second kappa shape index (κ2) is 35.3. The Kier molecular flexibility index (Phi) is 32.1. The molecule has 0 saturated carbocycles. The molecule has 0 aliphatic rings. The molecule has 0 aliphatic carbocycles. The molecule has 458 valence electrons. The van der Waals surface area contributed by atoms with E-state index in [-0.39, 0.29) is 5.75 Å². The largest absolute Gasteiger partial charge is 0.481 e. The first-order chi connectivity index (χ1) is 37.4. The van der Waals surface area contributed by atoms with Crippen molar-refractivity contribution in [2.24, 2.45) is 11.7 Å². The highest BCUT2D eigenvalue weighted by Gasteiger charge is 2.38. The molecule has 36 heteroatoms. The summed E-state index contributed by atoms with van der Waals surface area (Å²) in [5, 5.41) is 91.1. The minimum absolute atomic E-state index is 0.321. The molecule has 0 radical (unpaired) electrons. The molecule has 0 aromatic rings. The van der Waals surface area contributed by atoms with E-state index in [1.807, 2.05) is 26.6 Å². The van der Waals surface area contributed by atoms with Gasteiger partial charge in [0.1, 0.15) is 54.4 Å². The third-order valence-electron chi connectivity index (χ3n) is 11.5. The van der Waals surface area contributed by atoms with E-state index in [9.17, 15) is 103 Å². The molecule has 0 spiro atoms. The number of carboxylic acid groups (broad SMARTS) is 4. The lowest BCUT2D eigenvalue weighted by atomic mass is 9.96. The maximum atomic E-state index is 13.5. The summed E-state index contributed by atoms with van der Waals surface area (Å²) in [7, 11) is 0. The van der Waals surface area contributed by atoms with Gasteiger partial charge in [-0.1, -0.05) is 20.3 Å². The van der Waals surface area contributed by atoms with Crippen LogP contribution < -0.4 is 64.2 Å². The van der Waals surface area contributed by atoms with Crippen LogP contribution in [0.25, 0.3) is 0 Å². The van der Waals surface area contributed by atoms with E-state index in [0.29, 0.717) is 6.42 Å². The van der Waals surface area contributed by atoms with Crippen molar-refractivity contribution >= 4 is 114 Å². The highest BCUT2D eigenvalue weighted by molar-refractivity contribution is 7.81. The van der Waals surface area contributed by atoms with Crippen molar-refractivity contribution in [3.63, 3.8) is 0 Å². The summed E-state index contributed by atoms with van der Waals surface area (Å²) in [6, 6.07) is -17.3. The number of aliphatic hydroxyl groups is 3. The minimum Gasteiger partial charge on any atom is -0.481 e. The molecule has 0 heterocycles. The van der Waals surface area contributed by atoms with Crippen molar-refractivity contribution < 1.29 is 108 Å². The maximum absolute atomic E-state index is 13.5. The first kappa shape index (κ1) is 73.6. The number of carbonyl (C=O) groups is 15. The molecule has 0 bridgehead atoms. The number of thiol groups is 2. The van der Waals surface area contributed by atoms with Crippen LogP contribution in [0.5, 0.6) is 0 Å². The minimum atomic E-state index is -2.08. The fraction of sp³-hybridized carbons (Fsp3) is 0.667. The van der Waals surface area contributed by atoms with Crippen LogP contribution in [-0.4, -0.2) is 227 Å². The number of carbonyl (C=O) groups excluding carboxylic acids is 11. The van der Waals surface area contributed by atoms with Crippen LogP contribution in [0.4, 0.5) is 0 Å². The van der Waals surface area contributed by atoms with Gasteiger partial charge in [-0.2, -0.15) is 25.3 Å². The SMILES string of the molecule is CC[C@H](C)[C@H](NC(=O)[C@@H](N)C(C)(C)S)C(=O)N[C@H](C(=O)N[C@@H](CC(=O)O)C(=O)NCC(=O)N[C@@H](CCC(=O)O)C(=O)N[C@@H](C)C(=O)N[C@H](C(=O)N[C@@H](CC(=O)O)C(=O)N[C@@H](CO)C(=O)NCC(=O)N[C@@H](CS)C(=O)O)[C@@H](C)O)[C@@H](C)O. The van der Waals surface area contributed by atoms with Crippen molar-refractivity contribution in [2.75, 3.05) is 25.4 Å². The maximum Gasteiger partial charge on any atom is 0.327 e. The van der Waals surface area contributed by atoms with Crippen LogP contribution in [0, 0.1) is 5.92 Å². The predicted molar refractivity (Wildman–Crippen MR) is 283 cm³/mol. The topological polar surface area (TPSA) is 556 Å². The quantitative estimate of drug-likeness (QED) is 0.0257. The first-order valence-electron chi connectivity index (χ1n) is 24.6. The summed E-state index contributed by atoms with van der Waals surface area (Å²) in [4.78, 5) is 190. The average molecular weight is 1200 g/mol. The Morgan fingerprint density at radius 1 is 0.494 bits per heavy atom. The second-order valence-corrected chi connectivity index (χ2v) is 20.4. The lowest BCUT2D eigenvalue weighted by molar-refractivity contribution is -0.142. The van der Waals surface area contributed by atoms with Crippen molar-refractivity contribution in [3.8, 4) is 0 Å². The molecule has 0 rings (SSSR count). The van der Waals surface area contributed by atoms with Gasteiger partial charge in [0.25, 0.3) is 0 Å². The van der Waals surface area contributed by atoms with E-state index in [2.05, 4.69) is 57.2 Å². The number of rotatable bonds is 37. The number of hydrogen-bond acceptors (Lipinski definition) is 21. The lowest BCUT2D eigenvalue weighted by Crippen LogP contribution is -2.62. The fourth-order valence-corrected chi connectivity index (χ4v) is 6.89. The normalized spacial score (nSPS) is 16.0. The third kappa shape index (κ3) is 27.1. The molecule has 0 aliphatic heterocycles. The molecule has 0 fully saturated rings. The summed E-state index contributed by atoms with van der Waals surface area (Å²) in [5.74, 6) is -20.3. The molecular weight excluding hydrogens is 1120 g/mol.